The molecule has 1 aromatic rings. The molecule has 2 rings (SSSR count). The van der Waals surface area contributed by atoms with Crippen LogP contribution in [0.4, 0.5) is 8.78 Å². The zero-order chi connectivity index (χ0) is 18.6. The second-order valence-corrected chi connectivity index (χ2v) is 7.47. The van der Waals surface area contributed by atoms with Crippen LogP contribution >= 0.6 is 0 Å². The maximum atomic E-state index is 12.9. The van der Waals surface area contributed by atoms with Gasteiger partial charge in [-0.2, -0.15) is 0 Å². The minimum absolute atomic E-state index is 0.105. The van der Waals surface area contributed by atoms with E-state index in [4.69, 9.17) is 4.74 Å². The van der Waals surface area contributed by atoms with E-state index in [0.717, 1.165) is 25.2 Å². The SMILES string of the molecule is Cc1ccc(C(F)F)cc1C(=O)N1CCN(CCOC(C)(C)C)CC1. The number of hydrogen-bond acceptors (Lipinski definition) is 3. The molecule has 0 aliphatic carbocycles. The van der Waals surface area contributed by atoms with E-state index in [0.29, 0.717) is 25.3 Å². The normalized spacial score (nSPS) is 16.5. The summed E-state index contributed by atoms with van der Waals surface area (Å²) in [7, 11) is 0. The second-order valence-electron chi connectivity index (χ2n) is 7.47. The van der Waals surface area contributed by atoms with Crippen LogP contribution in [-0.4, -0.2) is 60.6 Å². The molecule has 25 heavy (non-hydrogen) atoms. The zero-order valence-corrected chi connectivity index (χ0v) is 15.5. The summed E-state index contributed by atoms with van der Waals surface area (Å²) in [5.74, 6) is -0.161. The molecule has 1 fully saturated rings. The van der Waals surface area contributed by atoms with Crippen LogP contribution in [0.25, 0.3) is 0 Å². The first-order chi connectivity index (χ1) is 11.7. The van der Waals surface area contributed by atoms with Crippen molar-refractivity contribution in [1.29, 1.82) is 0 Å². The van der Waals surface area contributed by atoms with Crippen molar-refractivity contribution in [3.63, 3.8) is 0 Å². The Morgan fingerprint density at radius 1 is 1.20 bits per heavy atom. The lowest BCUT2D eigenvalue weighted by molar-refractivity contribution is -0.0170. The van der Waals surface area contributed by atoms with Gasteiger partial charge >= 0.3 is 0 Å². The Kier molecular flexibility index (Phi) is 6.52. The van der Waals surface area contributed by atoms with E-state index in [-0.39, 0.29) is 17.1 Å². The van der Waals surface area contributed by atoms with Gasteiger partial charge in [0.25, 0.3) is 12.3 Å². The van der Waals surface area contributed by atoms with Crippen molar-refractivity contribution < 1.29 is 18.3 Å². The first-order valence-corrected chi connectivity index (χ1v) is 8.71. The first-order valence-electron chi connectivity index (χ1n) is 8.71. The highest BCUT2D eigenvalue weighted by molar-refractivity contribution is 5.96. The smallest absolute Gasteiger partial charge is 0.263 e. The number of hydrogen-bond donors (Lipinski definition) is 0. The Morgan fingerprint density at radius 2 is 1.84 bits per heavy atom. The van der Waals surface area contributed by atoms with Crippen LogP contribution in [-0.2, 0) is 4.74 Å². The Labute approximate surface area is 148 Å². The van der Waals surface area contributed by atoms with Crippen LogP contribution in [0.1, 0.15) is 48.7 Å². The predicted octanol–water partition coefficient (Wildman–Crippen LogP) is 3.51. The molecule has 0 spiro atoms. The third-order valence-electron chi connectivity index (χ3n) is 4.35. The molecule has 1 aliphatic heterocycles. The van der Waals surface area contributed by atoms with Gasteiger partial charge in [0.15, 0.2) is 0 Å². The average Bonchev–Trinajstić information content (AvgIpc) is 2.54. The van der Waals surface area contributed by atoms with Gasteiger partial charge in [0, 0.05) is 43.9 Å². The van der Waals surface area contributed by atoms with E-state index in [1.807, 2.05) is 20.8 Å². The Hall–Kier alpha value is -1.53. The van der Waals surface area contributed by atoms with Crippen LogP contribution in [0.2, 0.25) is 0 Å². The molecule has 0 atom stereocenters. The van der Waals surface area contributed by atoms with E-state index in [9.17, 15) is 13.6 Å². The third-order valence-corrected chi connectivity index (χ3v) is 4.35. The molecule has 140 valence electrons. The molecule has 1 heterocycles. The first kappa shape index (κ1) is 19.8. The van der Waals surface area contributed by atoms with E-state index in [1.54, 1.807) is 17.9 Å². The molecule has 0 aromatic heterocycles. The molecule has 1 aliphatic rings. The summed E-state index contributed by atoms with van der Waals surface area (Å²) >= 11 is 0. The Morgan fingerprint density at radius 3 is 2.40 bits per heavy atom. The van der Waals surface area contributed by atoms with Gasteiger partial charge in [-0.25, -0.2) is 8.78 Å². The minimum Gasteiger partial charge on any atom is -0.375 e. The van der Waals surface area contributed by atoms with Crippen LogP contribution in [0.15, 0.2) is 18.2 Å². The van der Waals surface area contributed by atoms with Crippen molar-refractivity contribution in [1.82, 2.24) is 9.80 Å². The van der Waals surface area contributed by atoms with Crippen LogP contribution in [0.3, 0.4) is 0 Å². The van der Waals surface area contributed by atoms with Crippen molar-refractivity contribution >= 4 is 5.91 Å². The number of aryl methyl sites for hydroxylation is 1. The summed E-state index contributed by atoms with van der Waals surface area (Å²) in [5.41, 5.74) is 0.857. The summed E-state index contributed by atoms with van der Waals surface area (Å²) in [5, 5.41) is 0. The van der Waals surface area contributed by atoms with Gasteiger partial charge in [-0.1, -0.05) is 12.1 Å². The van der Waals surface area contributed by atoms with Gasteiger partial charge in [-0.15, -0.1) is 0 Å². The number of carbonyl (C=O) groups excluding carboxylic acids is 1. The predicted molar refractivity (Wildman–Crippen MR) is 94.2 cm³/mol. The lowest BCUT2D eigenvalue weighted by Crippen LogP contribution is -2.49. The molecular formula is C19H28F2N2O2. The van der Waals surface area contributed by atoms with Crippen LogP contribution in [0, 0.1) is 6.92 Å². The fourth-order valence-electron chi connectivity index (χ4n) is 2.83. The van der Waals surface area contributed by atoms with Crippen molar-refractivity contribution in [2.45, 2.75) is 39.7 Å². The number of benzene rings is 1. The molecule has 1 aromatic carbocycles. The fourth-order valence-corrected chi connectivity index (χ4v) is 2.83. The van der Waals surface area contributed by atoms with Crippen molar-refractivity contribution in [3.05, 3.63) is 34.9 Å². The average molecular weight is 354 g/mol. The second kappa shape index (κ2) is 8.23. The molecule has 1 saturated heterocycles. The Bertz CT molecular complexity index is 592. The highest BCUT2D eigenvalue weighted by Gasteiger charge is 2.24. The van der Waals surface area contributed by atoms with Gasteiger partial charge in [-0.05, 0) is 39.3 Å². The van der Waals surface area contributed by atoms with Gasteiger partial charge < -0.3 is 9.64 Å². The molecule has 0 radical (unpaired) electrons. The number of amides is 1. The summed E-state index contributed by atoms with van der Waals surface area (Å²) in [6.07, 6.45) is -2.56. The summed E-state index contributed by atoms with van der Waals surface area (Å²) < 4.78 is 31.5. The number of rotatable bonds is 5. The molecule has 0 N–H and O–H groups in total. The lowest BCUT2D eigenvalue weighted by atomic mass is 10.0. The van der Waals surface area contributed by atoms with E-state index in [2.05, 4.69) is 4.90 Å². The standard InChI is InChI=1S/C19H28F2N2O2/c1-14-5-6-15(17(20)21)13-16(14)18(24)23-9-7-22(8-10-23)11-12-25-19(2,3)4/h5-6,13,17H,7-12H2,1-4H3. The zero-order valence-electron chi connectivity index (χ0n) is 15.5. The number of carbonyl (C=O) groups is 1. The maximum absolute atomic E-state index is 12.9. The highest BCUT2D eigenvalue weighted by Crippen LogP contribution is 2.23. The van der Waals surface area contributed by atoms with E-state index >= 15 is 0 Å². The largest absolute Gasteiger partial charge is 0.375 e. The third kappa shape index (κ3) is 5.75. The maximum Gasteiger partial charge on any atom is 0.263 e. The van der Waals surface area contributed by atoms with E-state index < -0.39 is 6.43 Å². The number of piperazine rings is 1. The highest BCUT2D eigenvalue weighted by atomic mass is 19.3. The molecule has 0 bridgehead atoms. The quantitative estimate of drug-likeness (QED) is 0.811. The molecule has 1 amide bonds. The Balaban J connectivity index is 1.90. The van der Waals surface area contributed by atoms with Gasteiger partial charge in [-0.3, -0.25) is 9.69 Å². The van der Waals surface area contributed by atoms with Gasteiger partial charge in [0.1, 0.15) is 0 Å². The van der Waals surface area contributed by atoms with E-state index in [1.165, 1.54) is 12.1 Å². The molecule has 0 saturated carbocycles. The van der Waals surface area contributed by atoms with Crippen LogP contribution < -0.4 is 0 Å². The lowest BCUT2D eigenvalue weighted by Gasteiger charge is -2.35. The van der Waals surface area contributed by atoms with Gasteiger partial charge in [0.2, 0.25) is 0 Å². The number of nitrogens with zero attached hydrogens (tertiary/aromatic N) is 2. The fraction of sp³-hybridized carbons (Fsp3) is 0.632. The molecule has 6 heteroatoms. The molecular weight excluding hydrogens is 326 g/mol. The molecule has 0 unspecified atom stereocenters. The van der Waals surface area contributed by atoms with Crippen LogP contribution in [0.5, 0.6) is 0 Å². The van der Waals surface area contributed by atoms with Crippen molar-refractivity contribution in [3.8, 4) is 0 Å². The summed E-state index contributed by atoms with van der Waals surface area (Å²) in [4.78, 5) is 16.7. The number of ether oxygens (including phenoxy) is 1. The summed E-state index contributed by atoms with van der Waals surface area (Å²) in [6, 6.07) is 4.30. The molecule has 4 nitrogen and oxygen atoms in total. The topological polar surface area (TPSA) is 32.8 Å². The van der Waals surface area contributed by atoms with Gasteiger partial charge in [0.05, 0.1) is 12.2 Å². The summed E-state index contributed by atoms with van der Waals surface area (Å²) in [6.45, 7) is 12.1. The number of alkyl halides is 2. The monoisotopic (exact) mass is 354 g/mol. The number of halogens is 2. The minimum atomic E-state index is -2.56. The van der Waals surface area contributed by atoms with Crippen molar-refractivity contribution in [2.24, 2.45) is 0 Å². The van der Waals surface area contributed by atoms with Crippen molar-refractivity contribution in [2.75, 3.05) is 39.3 Å².